The molecule has 2 aromatic carbocycles. The molecule has 1 saturated heterocycles. The van der Waals surface area contributed by atoms with Crippen molar-refractivity contribution in [1.29, 1.82) is 0 Å². The summed E-state index contributed by atoms with van der Waals surface area (Å²) in [6, 6.07) is 13.1. The molecule has 2 aliphatic heterocycles. The van der Waals surface area contributed by atoms with E-state index in [-0.39, 0.29) is 25.0 Å². The molecular formula is C24H28N4O4. The van der Waals surface area contributed by atoms with Gasteiger partial charge in [-0.05, 0) is 56.0 Å². The van der Waals surface area contributed by atoms with E-state index in [1.807, 2.05) is 31.2 Å². The first-order valence-corrected chi connectivity index (χ1v) is 11.0. The van der Waals surface area contributed by atoms with Crippen molar-refractivity contribution in [3.63, 3.8) is 0 Å². The van der Waals surface area contributed by atoms with Crippen molar-refractivity contribution in [2.24, 2.45) is 0 Å². The summed E-state index contributed by atoms with van der Waals surface area (Å²) in [7, 11) is 0. The molecular weight excluding hydrogens is 408 g/mol. The Labute approximate surface area is 187 Å². The zero-order valence-corrected chi connectivity index (χ0v) is 18.2. The van der Waals surface area contributed by atoms with Gasteiger partial charge in [0.05, 0.1) is 5.69 Å². The average molecular weight is 437 g/mol. The van der Waals surface area contributed by atoms with E-state index in [1.165, 1.54) is 4.90 Å². The van der Waals surface area contributed by atoms with Crippen molar-refractivity contribution in [2.45, 2.75) is 32.2 Å². The number of amides is 4. The van der Waals surface area contributed by atoms with Crippen LogP contribution >= 0.6 is 0 Å². The van der Waals surface area contributed by atoms with Crippen LogP contribution in [0.1, 0.15) is 24.8 Å². The minimum atomic E-state index is -0.929. The highest BCUT2D eigenvalue weighted by molar-refractivity contribution is 6.05. The van der Waals surface area contributed by atoms with Crippen molar-refractivity contribution < 1.29 is 19.1 Å². The molecule has 168 valence electrons. The zero-order valence-electron chi connectivity index (χ0n) is 18.2. The van der Waals surface area contributed by atoms with Crippen molar-refractivity contribution in [2.75, 3.05) is 36.5 Å². The molecule has 1 atom stereocenters. The third-order valence-corrected chi connectivity index (χ3v) is 5.71. The van der Waals surface area contributed by atoms with E-state index >= 15 is 0 Å². The molecule has 0 aromatic heterocycles. The first-order chi connectivity index (χ1) is 15.5. The Kier molecular flexibility index (Phi) is 6.58. The van der Waals surface area contributed by atoms with Gasteiger partial charge >= 0.3 is 6.03 Å². The van der Waals surface area contributed by atoms with Crippen LogP contribution in [0, 0.1) is 6.92 Å². The monoisotopic (exact) mass is 436 g/mol. The molecule has 0 spiro atoms. The van der Waals surface area contributed by atoms with Crippen LogP contribution in [0.3, 0.4) is 0 Å². The number of benzene rings is 2. The summed E-state index contributed by atoms with van der Waals surface area (Å²) in [6.45, 7) is 3.24. The lowest BCUT2D eigenvalue weighted by Gasteiger charge is -2.30. The third kappa shape index (κ3) is 5.01. The maximum absolute atomic E-state index is 13.4. The van der Waals surface area contributed by atoms with Crippen molar-refractivity contribution in [1.82, 2.24) is 10.2 Å². The fourth-order valence-electron chi connectivity index (χ4n) is 4.05. The average Bonchev–Trinajstić information content (AvgIpc) is 2.92. The summed E-state index contributed by atoms with van der Waals surface area (Å²) >= 11 is 0. The summed E-state index contributed by atoms with van der Waals surface area (Å²) in [5, 5.41) is 5.45. The highest BCUT2D eigenvalue weighted by Crippen LogP contribution is 2.31. The standard InChI is InChI=1S/C24H28N4O4/c1-17-8-7-9-18(14-17)25-24(31)26-19-16-32-21-11-4-3-10-20(21)28(23(19)30)15-22(29)27-12-5-2-6-13-27/h3-4,7-11,14,19H,2,5-6,12-13,15-16H2,1H3,(H2,25,26,31)/t19-/m1/s1. The number of piperidine rings is 1. The molecule has 8 nitrogen and oxygen atoms in total. The van der Waals surface area contributed by atoms with E-state index < -0.39 is 12.1 Å². The van der Waals surface area contributed by atoms with Gasteiger partial charge in [-0.3, -0.25) is 14.5 Å². The van der Waals surface area contributed by atoms with E-state index in [4.69, 9.17) is 4.74 Å². The Morgan fingerprint density at radius 2 is 1.84 bits per heavy atom. The predicted octanol–water partition coefficient (Wildman–Crippen LogP) is 2.92. The summed E-state index contributed by atoms with van der Waals surface area (Å²) in [5.74, 6) is 0.0353. The molecule has 2 aliphatic rings. The van der Waals surface area contributed by atoms with Crippen LogP contribution in [0.2, 0.25) is 0 Å². The number of urea groups is 1. The lowest BCUT2D eigenvalue weighted by molar-refractivity contribution is -0.132. The van der Waals surface area contributed by atoms with Crippen LogP contribution in [-0.4, -0.2) is 55.0 Å². The molecule has 0 saturated carbocycles. The summed E-state index contributed by atoms with van der Waals surface area (Å²) in [6.07, 6.45) is 3.07. The zero-order chi connectivity index (χ0) is 22.5. The summed E-state index contributed by atoms with van der Waals surface area (Å²) in [5.41, 5.74) is 2.17. The van der Waals surface area contributed by atoms with Crippen LogP contribution in [0.15, 0.2) is 48.5 Å². The quantitative estimate of drug-likeness (QED) is 0.771. The van der Waals surface area contributed by atoms with Crippen molar-refractivity contribution in [3.05, 3.63) is 54.1 Å². The molecule has 4 amide bonds. The summed E-state index contributed by atoms with van der Waals surface area (Å²) < 4.78 is 5.83. The van der Waals surface area contributed by atoms with Gasteiger partial charge in [-0.2, -0.15) is 0 Å². The lowest BCUT2D eigenvalue weighted by atomic mass is 10.1. The number of ether oxygens (including phenoxy) is 1. The maximum Gasteiger partial charge on any atom is 0.320 e. The SMILES string of the molecule is Cc1cccc(NC(=O)N[C@@H]2COc3ccccc3N(CC(=O)N3CCCCC3)C2=O)c1. The molecule has 0 unspecified atom stereocenters. The molecule has 4 rings (SSSR count). The van der Waals surface area contributed by atoms with Gasteiger partial charge in [-0.1, -0.05) is 24.3 Å². The molecule has 0 radical (unpaired) electrons. The van der Waals surface area contributed by atoms with Crippen LogP contribution in [0.25, 0.3) is 0 Å². The topological polar surface area (TPSA) is 91.0 Å². The molecule has 0 bridgehead atoms. The van der Waals surface area contributed by atoms with Gasteiger partial charge in [0.25, 0.3) is 5.91 Å². The molecule has 1 fully saturated rings. The van der Waals surface area contributed by atoms with Crippen molar-refractivity contribution >= 4 is 29.2 Å². The minimum absolute atomic E-state index is 0.0223. The van der Waals surface area contributed by atoms with E-state index in [1.54, 1.807) is 29.2 Å². The third-order valence-electron chi connectivity index (χ3n) is 5.71. The number of anilines is 2. The van der Waals surface area contributed by atoms with Crippen LogP contribution in [0.5, 0.6) is 5.75 Å². The number of hydrogen-bond donors (Lipinski definition) is 2. The van der Waals surface area contributed by atoms with E-state index in [0.717, 1.165) is 24.8 Å². The summed E-state index contributed by atoms with van der Waals surface area (Å²) in [4.78, 5) is 42.1. The van der Waals surface area contributed by atoms with Gasteiger partial charge in [0.2, 0.25) is 5.91 Å². The van der Waals surface area contributed by atoms with Crippen molar-refractivity contribution in [3.8, 4) is 5.75 Å². The van der Waals surface area contributed by atoms with E-state index in [2.05, 4.69) is 10.6 Å². The van der Waals surface area contributed by atoms with Gasteiger partial charge in [-0.25, -0.2) is 4.79 Å². The van der Waals surface area contributed by atoms with Crippen LogP contribution < -0.4 is 20.3 Å². The van der Waals surface area contributed by atoms with Gasteiger partial charge in [-0.15, -0.1) is 0 Å². The fourth-order valence-corrected chi connectivity index (χ4v) is 4.05. The second-order valence-electron chi connectivity index (χ2n) is 8.17. The Morgan fingerprint density at radius 3 is 2.62 bits per heavy atom. The minimum Gasteiger partial charge on any atom is -0.489 e. The number of hydrogen-bond acceptors (Lipinski definition) is 4. The number of carbonyl (C=O) groups excluding carboxylic acids is 3. The smallest absolute Gasteiger partial charge is 0.320 e. The maximum atomic E-state index is 13.4. The van der Waals surface area contributed by atoms with Gasteiger partial charge in [0.1, 0.15) is 24.9 Å². The highest BCUT2D eigenvalue weighted by Gasteiger charge is 2.34. The molecule has 2 N–H and O–H groups in total. The van der Waals surface area contributed by atoms with E-state index in [0.29, 0.717) is 30.2 Å². The Hall–Kier alpha value is -3.55. The van der Waals surface area contributed by atoms with Crippen LogP contribution in [0.4, 0.5) is 16.2 Å². The Morgan fingerprint density at radius 1 is 1.06 bits per heavy atom. The highest BCUT2D eigenvalue weighted by atomic mass is 16.5. The normalized spacial score (nSPS) is 18.3. The lowest BCUT2D eigenvalue weighted by Crippen LogP contribution is -2.53. The number of rotatable bonds is 4. The van der Waals surface area contributed by atoms with Gasteiger partial charge in [0, 0.05) is 18.8 Å². The van der Waals surface area contributed by atoms with Gasteiger partial charge in [0.15, 0.2) is 0 Å². The second kappa shape index (κ2) is 9.72. The van der Waals surface area contributed by atoms with E-state index in [9.17, 15) is 14.4 Å². The van der Waals surface area contributed by atoms with Crippen LogP contribution in [-0.2, 0) is 9.59 Å². The molecule has 32 heavy (non-hydrogen) atoms. The Bertz CT molecular complexity index is 1000. The number of aryl methyl sites for hydroxylation is 1. The molecule has 8 heteroatoms. The largest absolute Gasteiger partial charge is 0.489 e. The molecule has 2 heterocycles. The number of carbonyl (C=O) groups is 3. The predicted molar refractivity (Wildman–Crippen MR) is 122 cm³/mol. The molecule has 0 aliphatic carbocycles. The second-order valence-corrected chi connectivity index (χ2v) is 8.17. The van der Waals surface area contributed by atoms with Gasteiger partial charge < -0.3 is 20.3 Å². The fraction of sp³-hybridized carbons (Fsp3) is 0.375. The first-order valence-electron chi connectivity index (χ1n) is 11.0. The number of fused-ring (bicyclic) bond motifs is 1. The number of nitrogens with one attached hydrogen (secondary N) is 2. The Balaban J connectivity index is 1.50. The number of para-hydroxylation sites is 2. The first kappa shape index (κ1) is 21.7. The molecule has 2 aromatic rings. The number of nitrogens with zero attached hydrogens (tertiary/aromatic N) is 2. The number of likely N-dealkylation sites (tertiary alicyclic amines) is 1.